The number of nitrogens with two attached hydrogens (primary N) is 4. The van der Waals surface area contributed by atoms with Crippen LogP contribution in [0.2, 0.25) is 5.15 Å². The van der Waals surface area contributed by atoms with Gasteiger partial charge in [0, 0.05) is 0 Å². The first-order valence-electron chi connectivity index (χ1n) is 16.1. The molecular formula is C32H48ClN11O6. The van der Waals surface area contributed by atoms with Gasteiger partial charge in [0.2, 0.25) is 17.7 Å². The van der Waals surface area contributed by atoms with Crippen LogP contribution in [0.5, 0.6) is 0 Å². The van der Waals surface area contributed by atoms with Crippen molar-refractivity contribution in [3.63, 3.8) is 0 Å². The van der Waals surface area contributed by atoms with Gasteiger partial charge in [-0.15, -0.1) is 0 Å². The van der Waals surface area contributed by atoms with E-state index in [1.54, 1.807) is 26.0 Å². The van der Waals surface area contributed by atoms with Crippen LogP contribution < -0.4 is 44.2 Å². The second kappa shape index (κ2) is 20.5. The Morgan fingerprint density at radius 2 is 1.58 bits per heavy atom. The van der Waals surface area contributed by atoms with Crippen molar-refractivity contribution in [3.8, 4) is 0 Å². The maximum absolute atomic E-state index is 13.6. The summed E-state index contributed by atoms with van der Waals surface area (Å²) in [7, 11) is 0. The predicted octanol–water partition coefficient (Wildman–Crippen LogP) is 0.567. The Balaban J connectivity index is 2.17. The molecule has 50 heavy (non-hydrogen) atoms. The fourth-order valence-electron chi connectivity index (χ4n) is 4.60. The van der Waals surface area contributed by atoms with E-state index < -0.39 is 60.2 Å². The molecule has 0 aliphatic heterocycles. The molecule has 2 rings (SSSR count). The number of guanidine groups is 1. The van der Waals surface area contributed by atoms with Gasteiger partial charge in [-0.05, 0) is 49.6 Å². The number of unbranched alkanes of at least 4 members (excludes halogenated alkanes) is 1. The predicted molar refractivity (Wildman–Crippen MR) is 189 cm³/mol. The third-order valence-corrected chi connectivity index (χ3v) is 7.39. The molecule has 0 aliphatic rings. The first kappa shape index (κ1) is 41.1. The summed E-state index contributed by atoms with van der Waals surface area (Å²) in [4.78, 5) is 76.3. The molecule has 1 aromatic carbocycles. The molecule has 18 heteroatoms. The van der Waals surface area contributed by atoms with Crippen LogP contribution in [-0.2, 0) is 30.5 Å². The van der Waals surface area contributed by atoms with E-state index in [-0.39, 0.29) is 53.8 Å². The van der Waals surface area contributed by atoms with E-state index in [2.05, 4.69) is 36.2 Å². The lowest BCUT2D eigenvalue weighted by molar-refractivity contribution is -0.145. The van der Waals surface area contributed by atoms with Crippen LogP contribution in [0.1, 0.15) is 69.4 Å². The van der Waals surface area contributed by atoms with Crippen LogP contribution in [0.3, 0.4) is 0 Å². The average Bonchev–Trinajstić information content (AvgIpc) is 3.05. The van der Waals surface area contributed by atoms with Gasteiger partial charge in [-0.2, -0.15) is 4.99 Å². The molecule has 0 spiro atoms. The first-order chi connectivity index (χ1) is 23.6. The molecule has 17 nitrogen and oxygen atoms in total. The summed E-state index contributed by atoms with van der Waals surface area (Å²) in [5.41, 5.74) is 22.4. The third kappa shape index (κ3) is 13.8. The minimum Gasteiger partial charge on any atom is -0.460 e. The van der Waals surface area contributed by atoms with Gasteiger partial charge >= 0.3 is 11.9 Å². The van der Waals surface area contributed by atoms with E-state index >= 15 is 0 Å². The van der Waals surface area contributed by atoms with Crippen molar-refractivity contribution >= 4 is 58.8 Å². The molecule has 0 saturated carbocycles. The zero-order valence-electron chi connectivity index (χ0n) is 28.7. The normalized spacial score (nSPS) is 12.7. The van der Waals surface area contributed by atoms with Crippen LogP contribution in [0.4, 0.5) is 11.6 Å². The number of benzene rings is 1. The molecule has 0 saturated heterocycles. The zero-order valence-corrected chi connectivity index (χ0v) is 29.5. The highest BCUT2D eigenvalue weighted by Gasteiger charge is 2.31. The topological polar surface area (TPSA) is 285 Å². The highest BCUT2D eigenvalue weighted by molar-refractivity contribution is 6.32. The number of rotatable bonds is 19. The van der Waals surface area contributed by atoms with Crippen molar-refractivity contribution in [1.82, 2.24) is 25.9 Å². The van der Waals surface area contributed by atoms with E-state index in [0.29, 0.717) is 19.4 Å². The van der Waals surface area contributed by atoms with Crippen molar-refractivity contribution < 1.29 is 28.7 Å². The van der Waals surface area contributed by atoms with Crippen LogP contribution in [0.25, 0.3) is 0 Å². The summed E-state index contributed by atoms with van der Waals surface area (Å²) in [6.45, 7) is 7.28. The zero-order chi connectivity index (χ0) is 37.4. The lowest BCUT2D eigenvalue weighted by Crippen LogP contribution is -2.56. The first-order valence-corrected chi connectivity index (χ1v) is 16.5. The number of aromatic nitrogens is 2. The van der Waals surface area contributed by atoms with Gasteiger partial charge in [-0.1, -0.05) is 69.6 Å². The maximum Gasteiger partial charge on any atom is 0.325 e. The molecule has 274 valence electrons. The Kier molecular flexibility index (Phi) is 16.8. The van der Waals surface area contributed by atoms with Crippen LogP contribution in [0, 0.1) is 11.8 Å². The molecule has 2 aromatic rings. The fraction of sp³-hybridized carbons (Fsp3) is 0.500. The van der Waals surface area contributed by atoms with Gasteiger partial charge < -0.3 is 48.9 Å². The summed E-state index contributed by atoms with van der Waals surface area (Å²) >= 11 is 6.27. The number of esters is 1. The second-order valence-electron chi connectivity index (χ2n) is 12.2. The number of carbonyl (C=O) groups is 5. The minimum atomic E-state index is -1.04. The molecule has 0 aliphatic carbocycles. The molecule has 1 heterocycles. The average molecular weight is 718 g/mol. The Morgan fingerprint density at radius 3 is 2.18 bits per heavy atom. The van der Waals surface area contributed by atoms with Crippen LogP contribution in [0.15, 0.2) is 35.3 Å². The standard InChI is InChI=1S/C32H48ClN11O6/c1-17(2)14-21(40-30(48)23(18(3)4)42-27-25(33)41-24(26(35)43-27)31(49)44-32(36)37)29(47)39-20(12-8-9-13-34)28(46)38-15-22(45)50-16-19-10-6-5-7-11-19/h5-7,10-11,17-18,20-21,23H,8-9,12-16,34H2,1-4H3,(H,38,46)(H,39,47)(H,40,48)(H3,35,42,43)(H4,36,37,44,49)/t20-,21-,23-/m0/s1. The summed E-state index contributed by atoms with van der Waals surface area (Å²) in [6.07, 6.45) is 1.61. The molecule has 0 radical (unpaired) electrons. The summed E-state index contributed by atoms with van der Waals surface area (Å²) < 4.78 is 5.23. The van der Waals surface area contributed by atoms with Crippen LogP contribution >= 0.6 is 11.6 Å². The number of anilines is 2. The van der Waals surface area contributed by atoms with Gasteiger partial charge in [0.05, 0.1) is 0 Å². The summed E-state index contributed by atoms with van der Waals surface area (Å²) in [5, 5.41) is 10.6. The van der Waals surface area contributed by atoms with Crippen molar-refractivity contribution in [2.45, 2.75) is 78.1 Å². The number of hydrogen-bond acceptors (Lipinski definition) is 11. The largest absolute Gasteiger partial charge is 0.460 e. The number of halogens is 1. The Hall–Kier alpha value is -5.03. The fourth-order valence-corrected chi connectivity index (χ4v) is 4.78. The monoisotopic (exact) mass is 717 g/mol. The molecule has 0 bridgehead atoms. The molecular weight excluding hydrogens is 670 g/mol. The van der Waals surface area contributed by atoms with Gasteiger partial charge in [0.15, 0.2) is 28.4 Å². The van der Waals surface area contributed by atoms with Crippen molar-refractivity contribution in [3.05, 3.63) is 46.7 Å². The highest BCUT2D eigenvalue weighted by atomic mass is 35.5. The Morgan fingerprint density at radius 1 is 0.920 bits per heavy atom. The summed E-state index contributed by atoms with van der Waals surface area (Å²) in [5.74, 6) is -4.70. The van der Waals surface area contributed by atoms with E-state index in [9.17, 15) is 24.0 Å². The molecule has 0 fully saturated rings. The number of aliphatic imine (C=N–C) groups is 1. The molecule has 12 N–H and O–H groups in total. The third-order valence-electron chi connectivity index (χ3n) is 7.12. The van der Waals surface area contributed by atoms with Gasteiger partial charge in [-0.25, -0.2) is 9.97 Å². The van der Waals surface area contributed by atoms with E-state index in [1.165, 1.54) is 0 Å². The van der Waals surface area contributed by atoms with E-state index in [0.717, 1.165) is 5.56 Å². The number of carbonyl (C=O) groups excluding carboxylic acids is 5. The summed E-state index contributed by atoms with van der Waals surface area (Å²) in [6, 6.07) is 6.03. The number of hydrogen-bond donors (Lipinski definition) is 8. The Labute approximate surface area is 296 Å². The maximum atomic E-state index is 13.6. The molecule has 0 unspecified atom stereocenters. The number of nitrogen functional groups attached to an aromatic ring is 1. The van der Waals surface area contributed by atoms with E-state index in [1.807, 2.05) is 32.0 Å². The van der Waals surface area contributed by atoms with Gasteiger partial charge in [0.1, 0.15) is 31.3 Å². The highest BCUT2D eigenvalue weighted by Crippen LogP contribution is 2.23. The van der Waals surface area contributed by atoms with Gasteiger partial charge in [0.25, 0.3) is 0 Å². The lowest BCUT2D eigenvalue weighted by atomic mass is 9.99. The minimum absolute atomic E-state index is 0.0316. The van der Waals surface area contributed by atoms with Gasteiger partial charge in [-0.3, -0.25) is 24.0 Å². The molecule has 1 aromatic heterocycles. The quantitative estimate of drug-likeness (QED) is 0.0427. The second-order valence-corrected chi connectivity index (χ2v) is 12.6. The van der Waals surface area contributed by atoms with Crippen molar-refractivity contribution in [2.24, 2.45) is 34.0 Å². The van der Waals surface area contributed by atoms with Crippen LogP contribution in [-0.4, -0.2) is 76.7 Å². The number of nitrogens with one attached hydrogen (secondary N) is 4. The smallest absolute Gasteiger partial charge is 0.325 e. The molecule has 4 amide bonds. The number of ether oxygens (including phenoxy) is 1. The molecule has 3 atom stereocenters. The SMILES string of the molecule is CC(C)C[C@H](NC(=O)[C@@H](Nc1nc(N)c(C(=O)N=C(N)N)nc1Cl)C(C)C)C(=O)N[C@@H](CCCCN)C(=O)NCC(=O)OCc1ccccc1. The van der Waals surface area contributed by atoms with Crippen molar-refractivity contribution in [1.29, 1.82) is 0 Å². The number of nitrogens with zero attached hydrogens (tertiary/aromatic N) is 3. The number of amides is 4. The van der Waals surface area contributed by atoms with Crippen molar-refractivity contribution in [2.75, 3.05) is 24.1 Å². The Bertz CT molecular complexity index is 1500. The van der Waals surface area contributed by atoms with E-state index in [4.69, 9.17) is 39.3 Å². The lowest BCUT2D eigenvalue weighted by Gasteiger charge is -2.28.